The van der Waals surface area contributed by atoms with Crippen LogP contribution in [-0.2, 0) is 16.1 Å². The lowest BCUT2D eigenvalue weighted by Gasteiger charge is -2.35. The summed E-state index contributed by atoms with van der Waals surface area (Å²) in [6, 6.07) is 5.09. The van der Waals surface area contributed by atoms with Gasteiger partial charge in [0.1, 0.15) is 11.5 Å². The van der Waals surface area contributed by atoms with Crippen LogP contribution in [0.3, 0.4) is 0 Å². The first-order chi connectivity index (χ1) is 14.3. The number of hydrogen-bond donors (Lipinski definition) is 1. The highest BCUT2D eigenvalue weighted by Gasteiger charge is 2.40. The van der Waals surface area contributed by atoms with Gasteiger partial charge < -0.3 is 24.2 Å². The number of piperazine rings is 1. The number of ether oxygens (including phenoxy) is 3. The molecule has 31 heavy (non-hydrogen) atoms. The summed E-state index contributed by atoms with van der Waals surface area (Å²) in [6.07, 6.45) is -7.78. The Morgan fingerprint density at radius 3 is 2.29 bits per heavy atom. The fraction of sp³-hybridized carbons (Fsp3) is 0.600. The molecule has 1 N–H and O–H groups in total. The van der Waals surface area contributed by atoms with Gasteiger partial charge in [-0.3, -0.25) is 4.90 Å². The molecule has 2 rings (SSSR count). The molecule has 1 aliphatic heterocycles. The summed E-state index contributed by atoms with van der Waals surface area (Å²) in [7, 11) is 1.49. The number of benzene rings is 1. The number of hydrogen-bond acceptors (Lipinski definition) is 6. The summed E-state index contributed by atoms with van der Waals surface area (Å²) < 4.78 is 53.1. The minimum Gasteiger partial charge on any atom is -0.497 e. The van der Waals surface area contributed by atoms with E-state index in [4.69, 9.17) is 9.47 Å². The largest absolute Gasteiger partial charge is 0.497 e. The highest BCUT2D eigenvalue weighted by Crippen LogP contribution is 2.30. The first kappa shape index (κ1) is 24.6. The van der Waals surface area contributed by atoms with Gasteiger partial charge in [-0.1, -0.05) is 6.07 Å². The highest BCUT2D eigenvalue weighted by atomic mass is 19.4. The van der Waals surface area contributed by atoms with Crippen molar-refractivity contribution < 1.29 is 42.1 Å². The predicted molar refractivity (Wildman–Crippen MR) is 104 cm³/mol. The van der Waals surface area contributed by atoms with E-state index in [1.54, 1.807) is 18.2 Å². The van der Waals surface area contributed by atoms with E-state index in [-0.39, 0.29) is 13.1 Å². The van der Waals surface area contributed by atoms with Crippen molar-refractivity contribution in [3.05, 3.63) is 23.8 Å². The van der Waals surface area contributed by atoms with Crippen LogP contribution in [0.4, 0.5) is 18.0 Å². The third kappa shape index (κ3) is 6.65. The van der Waals surface area contributed by atoms with E-state index in [1.165, 1.54) is 25.9 Å². The van der Waals surface area contributed by atoms with Gasteiger partial charge >= 0.3 is 18.2 Å². The topological polar surface area (TPSA) is 88.5 Å². The standard InChI is InChI=1S/C20H27F3N2O6/c1-13(20(21,22)23)30-18(28)25-9-7-24(8-10-25)12-14-5-6-15(29-4)11-16(14)31-19(2,3)17(26)27/h5-6,11,13H,7-10,12H2,1-4H3,(H,26,27). The average molecular weight is 448 g/mol. The van der Waals surface area contributed by atoms with E-state index >= 15 is 0 Å². The van der Waals surface area contributed by atoms with Crippen molar-refractivity contribution in [3.63, 3.8) is 0 Å². The number of halogens is 3. The summed E-state index contributed by atoms with van der Waals surface area (Å²) in [5, 5.41) is 9.35. The maximum atomic E-state index is 12.6. The van der Waals surface area contributed by atoms with Crippen molar-refractivity contribution in [2.75, 3.05) is 33.3 Å². The van der Waals surface area contributed by atoms with Crippen LogP contribution in [0.25, 0.3) is 0 Å². The molecule has 0 spiro atoms. The van der Waals surface area contributed by atoms with Crippen LogP contribution in [0.2, 0.25) is 0 Å². The second-order valence-corrected chi connectivity index (χ2v) is 7.72. The molecule has 174 valence electrons. The minimum atomic E-state index is -4.61. The Labute approximate surface area is 178 Å². The van der Waals surface area contributed by atoms with Crippen molar-refractivity contribution in [1.82, 2.24) is 9.80 Å². The van der Waals surface area contributed by atoms with Gasteiger partial charge in [0.15, 0.2) is 11.7 Å². The van der Waals surface area contributed by atoms with E-state index in [1.807, 2.05) is 4.90 Å². The maximum absolute atomic E-state index is 12.6. The molecule has 0 radical (unpaired) electrons. The van der Waals surface area contributed by atoms with Gasteiger partial charge in [-0.15, -0.1) is 0 Å². The molecule has 1 saturated heterocycles. The second-order valence-electron chi connectivity index (χ2n) is 7.72. The number of carboxylic acid groups (broad SMARTS) is 1. The van der Waals surface area contributed by atoms with Gasteiger partial charge in [0, 0.05) is 44.4 Å². The smallest absolute Gasteiger partial charge is 0.425 e. The summed E-state index contributed by atoms with van der Waals surface area (Å²) in [6.45, 7) is 5.28. The van der Waals surface area contributed by atoms with Crippen LogP contribution in [0, 0.1) is 0 Å². The Morgan fingerprint density at radius 1 is 1.16 bits per heavy atom. The Balaban J connectivity index is 2.02. The molecule has 0 aromatic heterocycles. The van der Waals surface area contributed by atoms with Crippen molar-refractivity contribution in [1.29, 1.82) is 0 Å². The van der Waals surface area contributed by atoms with Crippen LogP contribution in [0.15, 0.2) is 18.2 Å². The molecule has 0 bridgehead atoms. The maximum Gasteiger partial charge on any atom is 0.425 e. The zero-order valence-corrected chi connectivity index (χ0v) is 17.9. The molecule has 11 heteroatoms. The number of amides is 1. The van der Waals surface area contributed by atoms with E-state index in [0.717, 1.165) is 12.5 Å². The number of aliphatic carboxylic acids is 1. The monoisotopic (exact) mass is 448 g/mol. The molecule has 1 amide bonds. The zero-order valence-electron chi connectivity index (χ0n) is 17.9. The number of nitrogens with zero attached hydrogens (tertiary/aromatic N) is 2. The molecule has 1 aromatic carbocycles. The highest BCUT2D eigenvalue weighted by molar-refractivity contribution is 5.76. The quantitative estimate of drug-likeness (QED) is 0.686. The number of methoxy groups -OCH3 is 1. The Morgan fingerprint density at radius 2 is 1.77 bits per heavy atom. The second kappa shape index (κ2) is 9.63. The van der Waals surface area contributed by atoms with Crippen molar-refractivity contribution >= 4 is 12.1 Å². The molecule has 0 aliphatic carbocycles. The molecule has 1 fully saturated rings. The first-order valence-electron chi connectivity index (χ1n) is 9.67. The van der Waals surface area contributed by atoms with Gasteiger partial charge in [0.05, 0.1) is 7.11 Å². The van der Waals surface area contributed by atoms with Crippen LogP contribution >= 0.6 is 0 Å². The predicted octanol–water partition coefficient (Wildman–Crippen LogP) is 3.14. The van der Waals surface area contributed by atoms with Crippen molar-refractivity contribution in [2.24, 2.45) is 0 Å². The number of alkyl halides is 3. The van der Waals surface area contributed by atoms with E-state index in [0.29, 0.717) is 31.1 Å². The van der Waals surface area contributed by atoms with Gasteiger partial charge in [-0.2, -0.15) is 13.2 Å². The zero-order chi connectivity index (χ0) is 23.4. The first-order valence-corrected chi connectivity index (χ1v) is 9.67. The molecule has 8 nitrogen and oxygen atoms in total. The molecular weight excluding hydrogens is 421 g/mol. The summed E-state index contributed by atoms with van der Waals surface area (Å²) >= 11 is 0. The molecule has 1 unspecified atom stereocenters. The van der Waals surface area contributed by atoms with E-state index < -0.39 is 29.9 Å². The third-order valence-electron chi connectivity index (χ3n) is 4.92. The normalized spacial score (nSPS) is 16.5. The van der Waals surface area contributed by atoms with Crippen LogP contribution in [-0.4, -0.2) is 78.1 Å². The number of carboxylic acids is 1. The third-order valence-corrected chi connectivity index (χ3v) is 4.92. The number of carbonyl (C=O) groups excluding carboxylic acids is 1. The molecule has 1 aromatic rings. The van der Waals surface area contributed by atoms with Crippen LogP contribution < -0.4 is 9.47 Å². The molecule has 1 aliphatic rings. The van der Waals surface area contributed by atoms with Gasteiger partial charge in [0.25, 0.3) is 0 Å². The summed E-state index contributed by atoms with van der Waals surface area (Å²) in [5.74, 6) is -0.264. The Bertz CT molecular complexity index is 792. The molecule has 0 saturated carbocycles. The minimum absolute atomic E-state index is 0.205. The SMILES string of the molecule is COc1ccc(CN2CCN(C(=O)OC(C)C(F)(F)F)CC2)c(OC(C)(C)C(=O)O)c1. The lowest BCUT2D eigenvalue weighted by molar-refractivity contribution is -0.200. The molecular formula is C20H27F3N2O6. The number of rotatable bonds is 7. The summed E-state index contributed by atoms with van der Waals surface area (Å²) in [5.41, 5.74) is -0.740. The van der Waals surface area contributed by atoms with E-state index in [2.05, 4.69) is 4.74 Å². The van der Waals surface area contributed by atoms with Crippen molar-refractivity contribution in [2.45, 2.75) is 45.2 Å². The van der Waals surface area contributed by atoms with Crippen LogP contribution in [0.1, 0.15) is 26.3 Å². The Hall–Kier alpha value is -2.69. The molecule has 1 heterocycles. The number of carbonyl (C=O) groups is 2. The molecule has 1 atom stereocenters. The summed E-state index contributed by atoms with van der Waals surface area (Å²) in [4.78, 5) is 26.6. The lowest BCUT2D eigenvalue weighted by atomic mass is 10.1. The van der Waals surface area contributed by atoms with Crippen LogP contribution in [0.5, 0.6) is 11.5 Å². The van der Waals surface area contributed by atoms with Gasteiger partial charge in [0.2, 0.25) is 0 Å². The van der Waals surface area contributed by atoms with Gasteiger partial charge in [-0.05, 0) is 26.8 Å². The van der Waals surface area contributed by atoms with Crippen molar-refractivity contribution in [3.8, 4) is 11.5 Å². The Kier molecular flexibility index (Phi) is 7.63. The fourth-order valence-corrected chi connectivity index (χ4v) is 2.83. The van der Waals surface area contributed by atoms with E-state index in [9.17, 15) is 27.9 Å². The average Bonchev–Trinajstić information content (AvgIpc) is 2.68. The fourth-order valence-electron chi connectivity index (χ4n) is 2.83. The lowest BCUT2D eigenvalue weighted by Crippen LogP contribution is -2.49. The van der Waals surface area contributed by atoms with Gasteiger partial charge in [-0.25, -0.2) is 9.59 Å².